The lowest BCUT2D eigenvalue weighted by Gasteiger charge is -2.36. The molecule has 0 bridgehead atoms. The fourth-order valence-electron chi connectivity index (χ4n) is 17.3. The number of hydrogen-bond donors (Lipinski definition) is 0. The van der Waals surface area contributed by atoms with E-state index >= 15 is 0 Å². The van der Waals surface area contributed by atoms with Crippen molar-refractivity contribution in [2.24, 2.45) is 0 Å². The molecule has 0 amide bonds. The second kappa shape index (κ2) is 25.1. The molecular formula is C99H69IN2O2S. The number of fused-ring (bicyclic) bond motifs is 6. The van der Waals surface area contributed by atoms with Gasteiger partial charge >= 0.3 is 0 Å². The van der Waals surface area contributed by atoms with E-state index in [1.54, 1.807) is 8.93 Å². The monoisotopic (exact) mass is 1480 g/mol. The van der Waals surface area contributed by atoms with E-state index in [2.05, 4.69) is 363 Å². The topological polar surface area (TPSA) is 42.4 Å². The van der Waals surface area contributed by atoms with Crippen LogP contribution in [0.1, 0.15) is 60.2 Å². The van der Waals surface area contributed by atoms with Crippen molar-refractivity contribution in [1.82, 2.24) is 4.98 Å². The van der Waals surface area contributed by atoms with Gasteiger partial charge in [-0.25, -0.2) is 4.98 Å². The highest BCUT2D eigenvalue weighted by atomic mass is 127. The van der Waals surface area contributed by atoms with E-state index in [4.69, 9.17) is 13.8 Å². The molecule has 500 valence electrons. The normalized spacial score (nSPS) is 13.3. The predicted molar refractivity (Wildman–Crippen MR) is 454 cm³/mol. The van der Waals surface area contributed by atoms with E-state index in [0.29, 0.717) is 0 Å². The third-order valence-corrected chi connectivity index (χ3v) is 24.0. The number of pyridine rings is 1. The number of halogens is 1. The minimum absolute atomic E-state index is 0.0110. The van der Waals surface area contributed by atoms with Crippen LogP contribution >= 0.6 is 30.1 Å². The van der Waals surface area contributed by atoms with Crippen LogP contribution in [-0.2, 0) is 18.3 Å². The van der Waals surface area contributed by atoms with Gasteiger partial charge in [-0.15, -0.1) is 0 Å². The van der Waals surface area contributed by atoms with Crippen LogP contribution in [0.4, 0.5) is 11.4 Å². The summed E-state index contributed by atoms with van der Waals surface area (Å²) in [4.78, 5) is 7.52. The first kappa shape index (κ1) is 63.2. The van der Waals surface area contributed by atoms with E-state index in [-0.39, 0.29) is 11.5 Å². The molecular weight excluding hydrogens is 1410 g/mol. The summed E-state index contributed by atoms with van der Waals surface area (Å²) in [6.45, 7) is 9.16. The lowest BCUT2D eigenvalue weighted by molar-refractivity contribution is 0.590. The minimum atomic E-state index is -0.171. The van der Waals surface area contributed by atoms with Crippen LogP contribution in [0.2, 0.25) is 0 Å². The van der Waals surface area contributed by atoms with Crippen molar-refractivity contribution < 1.29 is 8.83 Å². The lowest BCUT2D eigenvalue weighted by Crippen LogP contribution is -2.25. The molecule has 1 aliphatic heterocycles. The molecule has 0 saturated carbocycles. The number of hydrogen-bond acceptors (Lipinski definition) is 5. The summed E-state index contributed by atoms with van der Waals surface area (Å²) in [6, 6.07) is 110. The number of rotatable bonds is 12. The Labute approximate surface area is 625 Å². The van der Waals surface area contributed by atoms with E-state index in [9.17, 15) is 0 Å². The molecule has 16 aromatic carbocycles. The zero-order valence-electron chi connectivity index (χ0n) is 58.5. The summed E-state index contributed by atoms with van der Waals surface area (Å²) in [7, 11) is 1.62. The zero-order valence-corrected chi connectivity index (χ0v) is 61.5. The van der Waals surface area contributed by atoms with E-state index in [1.165, 1.54) is 93.5 Å². The lowest BCUT2D eigenvalue weighted by atomic mass is 9.83. The van der Waals surface area contributed by atoms with Gasteiger partial charge in [0.05, 0.1) is 11.7 Å². The molecule has 0 saturated heterocycles. The molecule has 0 radical (unpaired) electrons. The summed E-state index contributed by atoms with van der Waals surface area (Å²) >= 11 is 2.33. The Balaban J connectivity index is 0.840. The van der Waals surface area contributed by atoms with Crippen molar-refractivity contribution in [1.29, 1.82) is 0 Å². The van der Waals surface area contributed by atoms with Crippen molar-refractivity contribution in [2.45, 2.75) is 57.0 Å². The molecule has 0 spiro atoms. The molecule has 105 heavy (non-hydrogen) atoms. The summed E-state index contributed by atoms with van der Waals surface area (Å²) in [5, 5.41) is 17.0. The molecule has 0 fully saturated rings. The van der Waals surface area contributed by atoms with E-state index in [0.717, 1.165) is 134 Å². The highest BCUT2D eigenvalue weighted by molar-refractivity contribution is 14.2. The number of aryl methyl sites for hydroxylation is 3. The largest absolute Gasteiger partial charge is 0.455 e. The van der Waals surface area contributed by atoms with Gasteiger partial charge in [0.15, 0.2) is 5.58 Å². The number of anilines is 2. The van der Waals surface area contributed by atoms with Crippen LogP contribution < -0.4 is 4.90 Å². The Morgan fingerprint density at radius 1 is 0.410 bits per heavy atom. The van der Waals surface area contributed by atoms with Crippen LogP contribution in [0, 0.1) is 6.92 Å². The fourth-order valence-corrected chi connectivity index (χ4v) is 18.2. The molecule has 4 heterocycles. The summed E-state index contributed by atoms with van der Waals surface area (Å²) in [5.74, 6) is 0. The Bertz CT molecular complexity index is 6730. The van der Waals surface area contributed by atoms with Gasteiger partial charge in [0.1, 0.15) is 21.8 Å². The van der Waals surface area contributed by atoms with E-state index < -0.39 is 0 Å². The zero-order chi connectivity index (χ0) is 70.2. The summed E-state index contributed by atoms with van der Waals surface area (Å²) in [5.41, 5.74) is 26.7. The van der Waals surface area contributed by atoms with Gasteiger partial charge in [0.25, 0.3) is 0 Å². The van der Waals surface area contributed by atoms with Crippen LogP contribution in [0.15, 0.2) is 323 Å². The van der Waals surface area contributed by atoms with Gasteiger partial charge in [-0.1, -0.05) is 270 Å². The molecule has 0 N–H and O–H groups in total. The first-order valence-corrected chi connectivity index (χ1v) is 39.7. The maximum absolute atomic E-state index is 7.89. The molecule has 19 aromatic rings. The maximum Gasteiger partial charge on any atom is 0.159 e. The van der Waals surface area contributed by atoms with Crippen molar-refractivity contribution in [3.05, 3.63) is 343 Å². The van der Waals surface area contributed by atoms with Crippen LogP contribution in [-0.4, -0.2) is 4.98 Å². The van der Waals surface area contributed by atoms with Gasteiger partial charge in [0, 0.05) is 65.8 Å². The maximum atomic E-state index is 7.89. The molecule has 0 aliphatic carbocycles. The van der Waals surface area contributed by atoms with Crippen LogP contribution in [0.3, 0.4) is 0 Å². The second-order valence-corrected chi connectivity index (χ2v) is 31.3. The number of nitrogens with zero attached hydrogens (tertiary/aromatic N) is 2. The first-order chi connectivity index (χ1) is 51.5. The first-order valence-electron chi connectivity index (χ1n) is 36.3. The van der Waals surface area contributed by atoms with Gasteiger partial charge in [-0.05, 0) is 238 Å². The fraction of sp³-hybridized carbons (Fsp3) is 0.0808. The summed E-state index contributed by atoms with van der Waals surface area (Å²) < 4.78 is 15.6. The van der Waals surface area contributed by atoms with Gasteiger partial charge < -0.3 is 13.7 Å². The highest BCUT2D eigenvalue weighted by Gasteiger charge is 2.32. The van der Waals surface area contributed by atoms with E-state index in [1.807, 2.05) is 6.20 Å². The second-order valence-electron chi connectivity index (χ2n) is 29.4. The minimum Gasteiger partial charge on any atom is -0.455 e. The van der Waals surface area contributed by atoms with Gasteiger partial charge in [-0.3, -0.25) is 0 Å². The molecule has 4 nitrogen and oxygen atoms in total. The summed E-state index contributed by atoms with van der Waals surface area (Å²) in [6.07, 6.45) is 8.23. The molecule has 6 heteroatoms. The smallest absolute Gasteiger partial charge is 0.159 e. The Morgan fingerprint density at radius 2 is 1.03 bits per heavy atom. The Kier molecular flexibility index (Phi) is 15.1. The van der Waals surface area contributed by atoms with Crippen molar-refractivity contribution in [2.75, 3.05) is 4.90 Å². The molecule has 1 atom stereocenters. The quantitative estimate of drug-likeness (QED) is 0.0901. The molecule has 20 rings (SSSR count). The van der Waals surface area contributed by atoms with Gasteiger partial charge in [-0.2, -0.15) is 0 Å². The molecule has 1 unspecified atom stereocenters. The number of benzene rings is 15. The highest BCUT2D eigenvalue weighted by Crippen LogP contribution is 2.54. The SMILES string of the molecule is Cc1ccccc1-c1c(CCc2cc3oc4c(N5c6ccccc6C=CC5c5cccc6ccccc56)ccc5c6ccc(-c7cccc(-c8cccc(-c9c%10ccccc%10cc%10ccccc9%10)c8)c7)c7oc8cc(-c9ccc(SI)nc9)cc(c(c2)c3c45)c8c76)cccc1-c1cccc(C(C)(C)C)c1. The van der Waals surface area contributed by atoms with Gasteiger partial charge in [0.2, 0.25) is 0 Å². The van der Waals surface area contributed by atoms with Crippen molar-refractivity contribution in [3.8, 4) is 66.8 Å². The Morgan fingerprint density at radius 3 is 1.80 bits per heavy atom. The third kappa shape index (κ3) is 10.6. The van der Waals surface area contributed by atoms with Crippen molar-refractivity contribution in [3.63, 3.8) is 0 Å². The van der Waals surface area contributed by atoms with Crippen LogP contribution in [0.25, 0.3) is 171 Å². The Hall–Kier alpha value is -11.6. The predicted octanol–water partition coefficient (Wildman–Crippen LogP) is 28.8. The average Bonchev–Trinajstić information content (AvgIpc) is 1.55. The third-order valence-electron chi connectivity index (χ3n) is 22.3. The average molecular weight is 1480 g/mol. The van der Waals surface area contributed by atoms with Crippen LogP contribution in [0.5, 0.6) is 0 Å². The van der Waals surface area contributed by atoms with Crippen molar-refractivity contribution >= 4 is 145 Å². The number of aromatic nitrogens is 1. The standard InChI is InChI=1S/C99H69IN2O2S/c1-59-20-5-10-33-74(59)91-63(26-19-37-78(91)69-30-17-32-73(55-69)99(2,3)4)41-40-60-50-83-84-56-72(71-43-49-90(105-100)101-58-71)57-89-94(84)95-81(45-44-79(97(95)103-89)68-29-15-27-64(52-68)65-28-16-31-70(53-65)92-76-35-12-7-23-66(76)54-67-24-8-13-36-77(67)92)82-46-48-87(98-96(82)93(83)88(51-60)104-98)102-85-39-14-9-22-62(85)42-47-86(102)80-38-18-25-61-21-6-11-34-75(61)80/h5-39,42-58,86H,40-41H2,1-4H3. The molecule has 3 aromatic heterocycles. The number of furan rings is 2. The molecule has 1 aliphatic rings. The number of para-hydroxylation sites is 1.